The van der Waals surface area contributed by atoms with Gasteiger partial charge in [-0.15, -0.1) is 0 Å². The van der Waals surface area contributed by atoms with Gasteiger partial charge in [-0.25, -0.2) is 0 Å². The summed E-state index contributed by atoms with van der Waals surface area (Å²) in [7, 11) is 0. The van der Waals surface area contributed by atoms with Gasteiger partial charge in [0.1, 0.15) is 19.6 Å². The van der Waals surface area contributed by atoms with E-state index in [4.69, 9.17) is 0 Å². The van der Waals surface area contributed by atoms with Gasteiger partial charge in [-0.05, 0) is 19.1 Å². The third-order valence-corrected chi connectivity index (χ3v) is 1.22. The lowest BCUT2D eigenvalue weighted by molar-refractivity contribution is 0.507. The highest BCUT2D eigenvalue weighted by Crippen LogP contribution is 1.81. The Bertz CT molecular complexity index is 76.6. The highest BCUT2D eigenvalue weighted by Gasteiger charge is 2.03. The molecule has 0 aliphatic rings. The van der Waals surface area contributed by atoms with Gasteiger partial charge in [0.2, 0.25) is 0 Å². The molecule has 0 aromatic rings. The van der Waals surface area contributed by atoms with Crippen molar-refractivity contribution in [3.05, 3.63) is 25.3 Å². The Kier molecular flexibility index (Phi) is 5.23. The smallest absolute Gasteiger partial charge is 0.141 e. The molecule has 0 bridgehead atoms. The number of hydrogen-bond donors (Lipinski definition) is 0. The van der Waals surface area contributed by atoms with Gasteiger partial charge in [0.05, 0.1) is 0 Å². The van der Waals surface area contributed by atoms with Crippen molar-refractivity contribution in [3.8, 4) is 0 Å². The fourth-order valence-electron chi connectivity index (χ4n) is 0.698. The molecule has 0 aliphatic carbocycles. The summed E-state index contributed by atoms with van der Waals surface area (Å²) in [5, 5.41) is 0. The molecule has 0 aliphatic heterocycles. The van der Waals surface area contributed by atoms with Gasteiger partial charge in [-0.1, -0.05) is 13.2 Å². The Morgan fingerprint density at radius 3 is 1.89 bits per heavy atom. The topological polar surface area (TPSA) is 5.90 Å². The van der Waals surface area contributed by atoms with E-state index in [9.17, 15) is 0 Å². The summed E-state index contributed by atoms with van der Waals surface area (Å²) in [4.78, 5) is 2.25. The van der Waals surface area contributed by atoms with E-state index >= 15 is 0 Å². The van der Waals surface area contributed by atoms with Crippen LogP contribution in [0.15, 0.2) is 25.3 Å². The SMILES string of the molecule is C=CC[N+](CC)CC=C. The van der Waals surface area contributed by atoms with E-state index in [1.807, 2.05) is 12.2 Å². The van der Waals surface area contributed by atoms with Crippen LogP contribution in [-0.4, -0.2) is 19.6 Å². The second-order valence-corrected chi connectivity index (χ2v) is 1.93. The van der Waals surface area contributed by atoms with Crippen molar-refractivity contribution in [1.29, 1.82) is 0 Å². The number of nitrogens with zero attached hydrogens (tertiary/aromatic N) is 1. The highest BCUT2D eigenvalue weighted by molar-refractivity contribution is 4.82. The monoisotopic (exact) mass is 125 g/mol. The van der Waals surface area contributed by atoms with E-state index < -0.39 is 0 Å². The lowest BCUT2D eigenvalue weighted by Gasteiger charge is -2.03. The fourth-order valence-corrected chi connectivity index (χ4v) is 0.698. The van der Waals surface area contributed by atoms with Crippen LogP contribution < -0.4 is 4.90 Å². The third-order valence-electron chi connectivity index (χ3n) is 1.22. The molecule has 1 nitrogen and oxygen atoms in total. The lowest BCUT2D eigenvalue weighted by Crippen LogP contribution is -2.29. The van der Waals surface area contributed by atoms with Gasteiger partial charge >= 0.3 is 0 Å². The number of rotatable bonds is 5. The standard InChI is InChI=1S/C8H15N/c1-4-7-9(6-3)8-5-2/h4-5H,1-2,6-8H2,3H3/q+1. The molecule has 0 aromatic heterocycles. The first kappa shape index (κ1) is 8.44. The van der Waals surface area contributed by atoms with E-state index in [-0.39, 0.29) is 0 Å². The summed E-state index contributed by atoms with van der Waals surface area (Å²) in [6, 6.07) is 0. The summed E-state index contributed by atoms with van der Waals surface area (Å²) >= 11 is 0. The van der Waals surface area contributed by atoms with E-state index in [1.54, 1.807) is 0 Å². The van der Waals surface area contributed by atoms with E-state index in [0.29, 0.717) is 0 Å². The summed E-state index contributed by atoms with van der Waals surface area (Å²) in [5.74, 6) is 0. The maximum Gasteiger partial charge on any atom is 0.141 e. The molecular formula is C8H15N+. The molecule has 51 valence electrons. The molecule has 0 heterocycles. The largest absolute Gasteiger partial charge is 0.163 e. The molecule has 0 fully saturated rings. The van der Waals surface area contributed by atoms with Gasteiger partial charge in [0, 0.05) is 0 Å². The van der Waals surface area contributed by atoms with Gasteiger partial charge in [0.25, 0.3) is 0 Å². The molecular weight excluding hydrogens is 110 g/mol. The van der Waals surface area contributed by atoms with Crippen molar-refractivity contribution in [1.82, 2.24) is 4.90 Å². The maximum absolute atomic E-state index is 3.65. The summed E-state index contributed by atoms with van der Waals surface area (Å²) in [6.07, 6.45) is 3.82. The Morgan fingerprint density at radius 1 is 1.22 bits per heavy atom. The summed E-state index contributed by atoms with van der Waals surface area (Å²) < 4.78 is 0. The molecule has 0 atom stereocenters. The van der Waals surface area contributed by atoms with Gasteiger partial charge in [-0.2, -0.15) is 4.90 Å². The summed E-state index contributed by atoms with van der Waals surface area (Å²) in [6.45, 7) is 12.4. The van der Waals surface area contributed by atoms with Crippen LogP contribution in [0.3, 0.4) is 0 Å². The first-order valence-corrected chi connectivity index (χ1v) is 3.29. The van der Waals surface area contributed by atoms with Gasteiger partial charge < -0.3 is 0 Å². The average Bonchev–Trinajstić information content (AvgIpc) is 1.88. The van der Waals surface area contributed by atoms with Crippen LogP contribution in [0.5, 0.6) is 0 Å². The number of hydrogen-bond acceptors (Lipinski definition) is 1. The van der Waals surface area contributed by atoms with Crippen molar-refractivity contribution in [2.24, 2.45) is 0 Å². The Hall–Kier alpha value is -0.560. The van der Waals surface area contributed by atoms with Crippen LogP contribution >= 0.6 is 0 Å². The van der Waals surface area contributed by atoms with Crippen LogP contribution in [0.1, 0.15) is 6.92 Å². The normalized spacial score (nSPS) is 9.56. The predicted molar refractivity (Wildman–Crippen MR) is 42.8 cm³/mol. The third kappa shape index (κ3) is 3.98. The van der Waals surface area contributed by atoms with E-state index in [1.165, 1.54) is 0 Å². The molecule has 1 heteroatoms. The first-order chi connectivity index (χ1) is 4.35. The van der Waals surface area contributed by atoms with Crippen molar-refractivity contribution in [2.75, 3.05) is 19.6 Å². The van der Waals surface area contributed by atoms with Crippen LogP contribution in [0.2, 0.25) is 0 Å². The Balaban J connectivity index is 3.39. The van der Waals surface area contributed by atoms with Crippen molar-refractivity contribution in [3.63, 3.8) is 0 Å². The summed E-state index contributed by atoms with van der Waals surface area (Å²) in [5.41, 5.74) is 0. The highest BCUT2D eigenvalue weighted by atomic mass is 15.1. The zero-order chi connectivity index (χ0) is 7.11. The van der Waals surface area contributed by atoms with Crippen LogP contribution in [0.4, 0.5) is 0 Å². The molecule has 0 amide bonds. The molecule has 0 unspecified atom stereocenters. The van der Waals surface area contributed by atoms with Crippen molar-refractivity contribution < 1.29 is 0 Å². The first-order valence-electron chi connectivity index (χ1n) is 3.29. The van der Waals surface area contributed by atoms with Crippen LogP contribution in [0, 0.1) is 0 Å². The molecule has 0 rings (SSSR count). The maximum atomic E-state index is 3.65. The zero-order valence-electron chi connectivity index (χ0n) is 6.14. The fraction of sp³-hybridized carbons (Fsp3) is 0.500. The average molecular weight is 125 g/mol. The quantitative estimate of drug-likeness (QED) is 0.388. The van der Waals surface area contributed by atoms with Crippen molar-refractivity contribution in [2.45, 2.75) is 6.92 Å². The Morgan fingerprint density at radius 2 is 1.67 bits per heavy atom. The molecule has 0 N–H and O–H groups in total. The molecule has 0 saturated carbocycles. The molecule has 9 heavy (non-hydrogen) atoms. The van der Waals surface area contributed by atoms with Gasteiger partial charge in [-0.3, -0.25) is 0 Å². The minimum Gasteiger partial charge on any atom is -0.163 e. The molecule has 0 aromatic carbocycles. The second kappa shape index (κ2) is 5.57. The van der Waals surface area contributed by atoms with Crippen LogP contribution in [-0.2, 0) is 0 Å². The van der Waals surface area contributed by atoms with E-state index in [2.05, 4.69) is 25.0 Å². The molecule has 0 saturated heterocycles. The van der Waals surface area contributed by atoms with Crippen molar-refractivity contribution >= 4 is 0 Å². The predicted octanol–water partition coefficient (Wildman–Crippen LogP) is 1.52. The minimum absolute atomic E-state index is 0.961. The molecule has 1 radical (unpaired) electrons. The zero-order valence-corrected chi connectivity index (χ0v) is 6.14. The van der Waals surface area contributed by atoms with E-state index in [0.717, 1.165) is 19.6 Å². The van der Waals surface area contributed by atoms with Crippen LogP contribution in [0.25, 0.3) is 0 Å². The molecule has 0 spiro atoms. The van der Waals surface area contributed by atoms with Gasteiger partial charge in [0.15, 0.2) is 0 Å². The minimum atomic E-state index is 0.961. The number of likely N-dealkylation sites (N-methyl/N-ethyl adjacent to an activating group) is 1. The lowest BCUT2D eigenvalue weighted by atomic mass is 10.4. The second-order valence-electron chi connectivity index (χ2n) is 1.93. The Labute approximate surface area is 57.7 Å².